The second-order valence-corrected chi connectivity index (χ2v) is 5.73. The lowest BCUT2D eigenvalue weighted by atomic mass is 10.3. The molecule has 0 bridgehead atoms. The molecule has 0 saturated heterocycles. The standard InChI is InChI=1S/C15H20N4OS/c1-3-4-6-17-14(20)9-12-10-21-15(18-12)19-13-8-11(2)5-7-16-13/h5,7-8,10H,3-4,6,9H2,1-2H3,(H,17,20)(H,16,18,19). The summed E-state index contributed by atoms with van der Waals surface area (Å²) in [5.74, 6) is 0.789. The van der Waals surface area contributed by atoms with Crippen molar-refractivity contribution in [1.82, 2.24) is 15.3 Å². The van der Waals surface area contributed by atoms with Crippen LogP contribution in [0.5, 0.6) is 0 Å². The van der Waals surface area contributed by atoms with E-state index in [1.165, 1.54) is 11.3 Å². The Morgan fingerprint density at radius 2 is 2.29 bits per heavy atom. The lowest BCUT2D eigenvalue weighted by Crippen LogP contribution is -2.26. The van der Waals surface area contributed by atoms with Crippen molar-refractivity contribution in [2.75, 3.05) is 11.9 Å². The minimum absolute atomic E-state index is 0.0222. The van der Waals surface area contributed by atoms with E-state index in [2.05, 4.69) is 27.5 Å². The van der Waals surface area contributed by atoms with Gasteiger partial charge in [0.2, 0.25) is 5.91 Å². The van der Waals surface area contributed by atoms with E-state index < -0.39 is 0 Å². The first-order chi connectivity index (χ1) is 10.2. The highest BCUT2D eigenvalue weighted by molar-refractivity contribution is 7.13. The van der Waals surface area contributed by atoms with Gasteiger partial charge in [-0.05, 0) is 31.0 Å². The van der Waals surface area contributed by atoms with Crippen molar-refractivity contribution in [3.8, 4) is 0 Å². The Morgan fingerprint density at radius 3 is 3.05 bits per heavy atom. The van der Waals surface area contributed by atoms with Gasteiger partial charge in [-0.3, -0.25) is 4.79 Å². The molecule has 1 amide bonds. The molecule has 0 saturated carbocycles. The van der Waals surface area contributed by atoms with Gasteiger partial charge in [0.05, 0.1) is 12.1 Å². The Labute approximate surface area is 128 Å². The van der Waals surface area contributed by atoms with Gasteiger partial charge in [0.1, 0.15) is 5.82 Å². The number of anilines is 2. The predicted molar refractivity (Wildman–Crippen MR) is 86.0 cm³/mol. The van der Waals surface area contributed by atoms with Gasteiger partial charge in [-0.1, -0.05) is 13.3 Å². The normalized spacial score (nSPS) is 10.4. The van der Waals surface area contributed by atoms with E-state index in [1.807, 2.05) is 24.4 Å². The largest absolute Gasteiger partial charge is 0.356 e. The third-order valence-corrected chi connectivity index (χ3v) is 3.70. The average Bonchev–Trinajstić information content (AvgIpc) is 2.86. The van der Waals surface area contributed by atoms with Crippen molar-refractivity contribution in [1.29, 1.82) is 0 Å². The Kier molecular flexibility index (Phi) is 5.68. The number of aromatic nitrogens is 2. The zero-order valence-electron chi connectivity index (χ0n) is 12.3. The molecule has 0 fully saturated rings. The Bertz CT molecular complexity index is 597. The van der Waals surface area contributed by atoms with Crippen LogP contribution >= 0.6 is 11.3 Å². The van der Waals surface area contributed by atoms with Gasteiger partial charge in [0.15, 0.2) is 5.13 Å². The molecule has 2 heterocycles. The zero-order valence-corrected chi connectivity index (χ0v) is 13.2. The molecule has 5 nitrogen and oxygen atoms in total. The summed E-state index contributed by atoms with van der Waals surface area (Å²) in [4.78, 5) is 20.4. The highest BCUT2D eigenvalue weighted by Crippen LogP contribution is 2.20. The first-order valence-electron chi connectivity index (χ1n) is 7.08. The molecular formula is C15H20N4OS. The zero-order chi connectivity index (χ0) is 15.1. The summed E-state index contributed by atoms with van der Waals surface area (Å²) < 4.78 is 0. The fraction of sp³-hybridized carbons (Fsp3) is 0.400. The predicted octanol–water partition coefficient (Wildman–Crippen LogP) is 3.05. The van der Waals surface area contributed by atoms with Crippen molar-refractivity contribution < 1.29 is 4.79 Å². The van der Waals surface area contributed by atoms with Crippen molar-refractivity contribution in [3.05, 3.63) is 35.0 Å². The van der Waals surface area contributed by atoms with Gasteiger partial charge in [-0.25, -0.2) is 9.97 Å². The van der Waals surface area contributed by atoms with Gasteiger partial charge in [0.25, 0.3) is 0 Å². The maximum absolute atomic E-state index is 11.7. The summed E-state index contributed by atoms with van der Waals surface area (Å²) in [5.41, 5.74) is 1.92. The molecule has 2 N–H and O–H groups in total. The monoisotopic (exact) mass is 304 g/mol. The molecule has 0 aliphatic carbocycles. The van der Waals surface area contributed by atoms with Gasteiger partial charge in [-0.2, -0.15) is 0 Å². The molecule has 0 aliphatic heterocycles. The minimum atomic E-state index is 0.0222. The van der Waals surface area contributed by atoms with E-state index in [4.69, 9.17) is 0 Å². The minimum Gasteiger partial charge on any atom is -0.356 e. The fourth-order valence-electron chi connectivity index (χ4n) is 1.79. The lowest BCUT2D eigenvalue weighted by Gasteiger charge is -2.03. The maximum Gasteiger partial charge on any atom is 0.226 e. The van der Waals surface area contributed by atoms with Crippen LogP contribution in [-0.4, -0.2) is 22.4 Å². The summed E-state index contributed by atoms with van der Waals surface area (Å²) in [5, 5.41) is 8.70. The number of unbranched alkanes of at least 4 members (excludes halogenated alkanes) is 1. The topological polar surface area (TPSA) is 66.9 Å². The quantitative estimate of drug-likeness (QED) is 0.772. The summed E-state index contributed by atoms with van der Waals surface area (Å²) in [6, 6.07) is 3.90. The number of nitrogens with one attached hydrogen (secondary N) is 2. The van der Waals surface area contributed by atoms with E-state index >= 15 is 0 Å². The maximum atomic E-state index is 11.7. The molecular weight excluding hydrogens is 284 g/mol. The number of amides is 1. The molecule has 0 unspecified atom stereocenters. The Balaban J connectivity index is 1.88. The van der Waals surface area contributed by atoms with Gasteiger partial charge in [-0.15, -0.1) is 11.3 Å². The third kappa shape index (κ3) is 5.15. The second-order valence-electron chi connectivity index (χ2n) is 4.87. The van der Waals surface area contributed by atoms with E-state index in [0.29, 0.717) is 6.42 Å². The second kappa shape index (κ2) is 7.73. The van der Waals surface area contributed by atoms with Crippen LogP contribution in [-0.2, 0) is 11.2 Å². The van der Waals surface area contributed by atoms with Gasteiger partial charge in [0, 0.05) is 18.1 Å². The first kappa shape index (κ1) is 15.4. The van der Waals surface area contributed by atoms with Crippen LogP contribution in [0.15, 0.2) is 23.7 Å². The summed E-state index contributed by atoms with van der Waals surface area (Å²) in [6.45, 7) is 4.85. The van der Waals surface area contributed by atoms with Gasteiger partial charge < -0.3 is 10.6 Å². The molecule has 2 aromatic heterocycles. The van der Waals surface area contributed by atoms with Crippen LogP contribution in [0.3, 0.4) is 0 Å². The number of carbonyl (C=O) groups is 1. The van der Waals surface area contributed by atoms with E-state index in [1.54, 1.807) is 6.20 Å². The van der Waals surface area contributed by atoms with Crippen LogP contribution in [0, 0.1) is 6.92 Å². The Morgan fingerprint density at radius 1 is 1.43 bits per heavy atom. The highest BCUT2D eigenvalue weighted by Gasteiger charge is 2.07. The van der Waals surface area contributed by atoms with Crippen molar-refractivity contribution in [2.45, 2.75) is 33.1 Å². The molecule has 0 atom stereocenters. The Hall–Kier alpha value is -1.95. The average molecular weight is 304 g/mol. The van der Waals surface area contributed by atoms with Crippen LogP contribution < -0.4 is 10.6 Å². The van der Waals surface area contributed by atoms with Gasteiger partial charge >= 0.3 is 0 Å². The summed E-state index contributed by atoms with van der Waals surface area (Å²) >= 11 is 1.48. The highest BCUT2D eigenvalue weighted by atomic mass is 32.1. The van der Waals surface area contributed by atoms with Crippen molar-refractivity contribution in [3.63, 3.8) is 0 Å². The number of pyridine rings is 1. The SMILES string of the molecule is CCCCNC(=O)Cc1csc(Nc2cc(C)ccn2)n1. The van der Waals surface area contributed by atoms with E-state index in [9.17, 15) is 4.79 Å². The molecule has 112 valence electrons. The molecule has 0 aromatic carbocycles. The smallest absolute Gasteiger partial charge is 0.226 e. The lowest BCUT2D eigenvalue weighted by molar-refractivity contribution is -0.120. The van der Waals surface area contributed by atoms with E-state index in [-0.39, 0.29) is 5.91 Å². The number of hydrogen-bond donors (Lipinski definition) is 2. The molecule has 0 aliphatic rings. The van der Waals surface area contributed by atoms with Crippen LogP contribution in [0.25, 0.3) is 0 Å². The molecule has 21 heavy (non-hydrogen) atoms. The molecule has 6 heteroatoms. The van der Waals surface area contributed by atoms with Crippen molar-refractivity contribution >= 4 is 28.2 Å². The fourth-order valence-corrected chi connectivity index (χ4v) is 2.51. The first-order valence-corrected chi connectivity index (χ1v) is 7.96. The number of thiazole rings is 1. The third-order valence-electron chi connectivity index (χ3n) is 2.90. The van der Waals surface area contributed by atoms with Crippen molar-refractivity contribution in [2.24, 2.45) is 0 Å². The van der Waals surface area contributed by atoms with E-state index in [0.717, 1.165) is 41.6 Å². The number of rotatable bonds is 7. The number of aryl methyl sites for hydroxylation is 1. The van der Waals surface area contributed by atoms with Crippen LogP contribution in [0.1, 0.15) is 31.0 Å². The summed E-state index contributed by atoms with van der Waals surface area (Å²) in [6.07, 6.45) is 4.17. The molecule has 0 spiro atoms. The molecule has 2 aromatic rings. The molecule has 2 rings (SSSR count). The molecule has 0 radical (unpaired) electrons. The summed E-state index contributed by atoms with van der Waals surface area (Å²) in [7, 11) is 0. The van der Waals surface area contributed by atoms with Crippen LogP contribution in [0.4, 0.5) is 10.9 Å². The number of nitrogens with zero attached hydrogens (tertiary/aromatic N) is 2. The number of carbonyl (C=O) groups excluding carboxylic acids is 1. The van der Waals surface area contributed by atoms with Crippen LogP contribution in [0.2, 0.25) is 0 Å². The number of hydrogen-bond acceptors (Lipinski definition) is 5.